The van der Waals surface area contributed by atoms with E-state index in [0.717, 1.165) is 5.57 Å². The van der Waals surface area contributed by atoms with Gasteiger partial charge in [-0.15, -0.1) is 0 Å². The average molecular weight is 306 g/mol. The summed E-state index contributed by atoms with van der Waals surface area (Å²) >= 11 is 0. The molecule has 0 unspecified atom stereocenters. The van der Waals surface area contributed by atoms with Crippen LogP contribution in [0.2, 0.25) is 0 Å². The van der Waals surface area contributed by atoms with Crippen LogP contribution in [0.15, 0.2) is 34.9 Å². The summed E-state index contributed by atoms with van der Waals surface area (Å²) < 4.78 is 10.5. The molecule has 0 radical (unpaired) electrons. The lowest BCUT2D eigenvalue weighted by Gasteiger charge is -2.13. The summed E-state index contributed by atoms with van der Waals surface area (Å²) in [6.45, 7) is 10.4. The van der Waals surface area contributed by atoms with E-state index in [-0.39, 0.29) is 17.4 Å². The molecule has 0 aromatic heterocycles. The molecule has 0 aromatic carbocycles. The molecule has 1 aliphatic carbocycles. The van der Waals surface area contributed by atoms with Crippen LogP contribution in [0.1, 0.15) is 41.0 Å². The Morgan fingerprint density at radius 2 is 1.45 bits per heavy atom. The fraction of sp³-hybridized carbons (Fsp3) is 0.556. The molecule has 0 saturated carbocycles. The van der Waals surface area contributed by atoms with Crippen LogP contribution in [0.4, 0.5) is 0 Å². The third-order valence-electron chi connectivity index (χ3n) is 2.96. The zero-order valence-corrected chi connectivity index (χ0v) is 14.1. The molecule has 0 atom stereocenters. The second-order valence-electron chi connectivity index (χ2n) is 6.34. The normalized spacial score (nSPS) is 15.0. The maximum absolute atomic E-state index is 12.3. The molecule has 0 saturated heterocycles. The number of ether oxygens (including phenoxy) is 2. The van der Waals surface area contributed by atoms with Crippen LogP contribution in [-0.2, 0) is 19.1 Å². The first kappa shape index (κ1) is 18.2. The number of allylic oxidation sites excluding steroid dienone is 4. The number of carbonyl (C=O) groups is 2. The standard InChI is InChI=1S/C18H26O4/c1-12(2)10-21-17(19)15-8-6-7-14(5)9-16(15)18(20)22-11-13(3)4/h7-9,12-13H,6,10-11H2,1-5H3. The predicted molar refractivity (Wildman–Crippen MR) is 86.1 cm³/mol. The Kier molecular flexibility index (Phi) is 7.09. The molecular formula is C18H26O4. The fourth-order valence-corrected chi connectivity index (χ4v) is 1.84. The average Bonchev–Trinajstić information content (AvgIpc) is 2.63. The Balaban J connectivity index is 2.92. The van der Waals surface area contributed by atoms with Crippen LogP contribution < -0.4 is 0 Å². The van der Waals surface area contributed by atoms with Gasteiger partial charge in [-0.2, -0.15) is 0 Å². The van der Waals surface area contributed by atoms with Gasteiger partial charge >= 0.3 is 11.9 Å². The number of carbonyl (C=O) groups excluding carboxylic acids is 2. The van der Waals surface area contributed by atoms with E-state index in [2.05, 4.69) is 0 Å². The van der Waals surface area contributed by atoms with E-state index in [1.807, 2.05) is 40.7 Å². The van der Waals surface area contributed by atoms with Crippen molar-refractivity contribution in [3.63, 3.8) is 0 Å². The van der Waals surface area contributed by atoms with Crippen LogP contribution in [0, 0.1) is 11.8 Å². The summed E-state index contributed by atoms with van der Waals surface area (Å²) in [5.74, 6) is -0.455. The van der Waals surface area contributed by atoms with Gasteiger partial charge in [0, 0.05) is 0 Å². The molecule has 22 heavy (non-hydrogen) atoms. The molecule has 0 bridgehead atoms. The Morgan fingerprint density at radius 1 is 0.955 bits per heavy atom. The van der Waals surface area contributed by atoms with Gasteiger partial charge in [-0.3, -0.25) is 0 Å². The summed E-state index contributed by atoms with van der Waals surface area (Å²) in [4.78, 5) is 24.5. The molecule has 0 aliphatic heterocycles. The highest BCUT2D eigenvalue weighted by atomic mass is 16.5. The molecule has 4 heteroatoms. The van der Waals surface area contributed by atoms with E-state index in [9.17, 15) is 9.59 Å². The zero-order chi connectivity index (χ0) is 16.7. The van der Waals surface area contributed by atoms with E-state index >= 15 is 0 Å². The van der Waals surface area contributed by atoms with Crippen LogP contribution in [0.3, 0.4) is 0 Å². The fourth-order valence-electron chi connectivity index (χ4n) is 1.84. The molecule has 122 valence electrons. The molecule has 0 amide bonds. The van der Waals surface area contributed by atoms with Crippen LogP contribution in [0.25, 0.3) is 0 Å². The van der Waals surface area contributed by atoms with Crippen LogP contribution in [-0.4, -0.2) is 25.2 Å². The van der Waals surface area contributed by atoms with Gasteiger partial charge in [0.2, 0.25) is 0 Å². The van der Waals surface area contributed by atoms with Gasteiger partial charge < -0.3 is 9.47 Å². The molecule has 0 spiro atoms. The van der Waals surface area contributed by atoms with Gasteiger partial charge in [-0.05, 0) is 31.3 Å². The van der Waals surface area contributed by atoms with Crippen molar-refractivity contribution in [1.82, 2.24) is 0 Å². The highest BCUT2D eigenvalue weighted by Crippen LogP contribution is 2.21. The molecule has 0 N–H and O–H groups in total. The van der Waals surface area contributed by atoms with Gasteiger partial charge in [0.25, 0.3) is 0 Å². The summed E-state index contributed by atoms with van der Waals surface area (Å²) in [6.07, 6.45) is 5.97. The minimum atomic E-state index is -0.476. The van der Waals surface area contributed by atoms with Crippen molar-refractivity contribution in [2.45, 2.75) is 41.0 Å². The van der Waals surface area contributed by atoms with E-state index in [4.69, 9.17) is 9.47 Å². The molecule has 4 nitrogen and oxygen atoms in total. The van der Waals surface area contributed by atoms with Crippen LogP contribution in [0.5, 0.6) is 0 Å². The zero-order valence-electron chi connectivity index (χ0n) is 14.1. The Labute approximate surface area is 132 Å². The topological polar surface area (TPSA) is 52.6 Å². The smallest absolute Gasteiger partial charge is 0.339 e. The lowest BCUT2D eigenvalue weighted by Crippen LogP contribution is -2.20. The number of esters is 2. The van der Waals surface area contributed by atoms with Crippen molar-refractivity contribution in [1.29, 1.82) is 0 Å². The number of rotatable bonds is 6. The number of hydrogen-bond acceptors (Lipinski definition) is 4. The maximum Gasteiger partial charge on any atom is 0.339 e. The lowest BCUT2D eigenvalue weighted by molar-refractivity contribution is -0.143. The second-order valence-corrected chi connectivity index (χ2v) is 6.34. The quantitative estimate of drug-likeness (QED) is 0.704. The minimum absolute atomic E-state index is 0.243. The highest BCUT2D eigenvalue weighted by Gasteiger charge is 2.24. The first-order valence-electron chi connectivity index (χ1n) is 7.74. The molecule has 1 rings (SSSR count). The minimum Gasteiger partial charge on any atom is -0.462 e. The van der Waals surface area contributed by atoms with Crippen molar-refractivity contribution < 1.29 is 19.1 Å². The van der Waals surface area contributed by atoms with Crippen molar-refractivity contribution in [3.8, 4) is 0 Å². The summed E-state index contributed by atoms with van der Waals surface area (Å²) in [5, 5.41) is 0. The Hall–Kier alpha value is -1.84. The van der Waals surface area contributed by atoms with Crippen molar-refractivity contribution in [3.05, 3.63) is 34.9 Å². The molecule has 0 aromatic rings. The van der Waals surface area contributed by atoms with Crippen LogP contribution >= 0.6 is 0 Å². The summed E-state index contributed by atoms with van der Waals surface area (Å²) in [6, 6.07) is 0. The van der Waals surface area contributed by atoms with E-state index in [0.29, 0.717) is 25.2 Å². The molecular weight excluding hydrogens is 280 g/mol. The Morgan fingerprint density at radius 3 is 1.95 bits per heavy atom. The van der Waals surface area contributed by atoms with Crippen molar-refractivity contribution >= 4 is 11.9 Å². The maximum atomic E-state index is 12.3. The lowest BCUT2D eigenvalue weighted by atomic mass is 10.0. The summed E-state index contributed by atoms with van der Waals surface area (Å²) in [5.41, 5.74) is 1.50. The third-order valence-corrected chi connectivity index (χ3v) is 2.96. The third kappa shape index (κ3) is 5.88. The van der Waals surface area contributed by atoms with Crippen molar-refractivity contribution in [2.24, 2.45) is 11.8 Å². The highest BCUT2D eigenvalue weighted by molar-refractivity contribution is 6.07. The van der Waals surface area contributed by atoms with Gasteiger partial charge in [-0.1, -0.05) is 45.4 Å². The SMILES string of the molecule is CC1=CCC=C(C(=O)OCC(C)C)C(C(=O)OCC(C)C)=C1. The van der Waals surface area contributed by atoms with E-state index < -0.39 is 11.9 Å². The van der Waals surface area contributed by atoms with Gasteiger partial charge in [0.15, 0.2) is 0 Å². The number of hydrogen-bond donors (Lipinski definition) is 0. The molecule has 1 aliphatic rings. The van der Waals surface area contributed by atoms with Crippen molar-refractivity contribution in [2.75, 3.05) is 13.2 Å². The first-order chi connectivity index (χ1) is 10.3. The van der Waals surface area contributed by atoms with Gasteiger partial charge in [0.05, 0.1) is 24.4 Å². The van der Waals surface area contributed by atoms with Gasteiger partial charge in [-0.25, -0.2) is 9.59 Å². The largest absolute Gasteiger partial charge is 0.462 e. The second kappa shape index (κ2) is 8.57. The van der Waals surface area contributed by atoms with E-state index in [1.54, 1.807) is 12.2 Å². The predicted octanol–water partition coefficient (Wildman–Crippen LogP) is 3.59. The summed E-state index contributed by atoms with van der Waals surface area (Å²) in [7, 11) is 0. The molecule has 0 fully saturated rings. The van der Waals surface area contributed by atoms with Gasteiger partial charge in [0.1, 0.15) is 0 Å². The first-order valence-corrected chi connectivity index (χ1v) is 7.74. The Bertz CT molecular complexity index is 507. The van der Waals surface area contributed by atoms with E-state index in [1.165, 1.54) is 0 Å². The molecule has 0 heterocycles. The monoisotopic (exact) mass is 306 g/mol.